The van der Waals surface area contributed by atoms with E-state index >= 15 is 0 Å². The molecule has 0 spiro atoms. The summed E-state index contributed by atoms with van der Waals surface area (Å²) in [7, 11) is 3.90. The fraction of sp³-hybridized carbons (Fsp3) is 0.231. The molecule has 2 aromatic rings. The van der Waals surface area contributed by atoms with Crippen LogP contribution in [0.2, 0.25) is 0 Å². The molecule has 16 heavy (non-hydrogen) atoms. The highest BCUT2D eigenvalue weighted by Gasteiger charge is 2.06. The highest BCUT2D eigenvalue weighted by atomic mass is 16.4. The fourth-order valence-corrected chi connectivity index (χ4v) is 1.58. The minimum Gasteiger partial charge on any atom is -0.446 e. The number of anilines is 3. The molecular weight excluding hydrogens is 200 g/mol. The predicted octanol–water partition coefficient (Wildman–Crippen LogP) is 3.40. The van der Waals surface area contributed by atoms with Crippen molar-refractivity contribution in [2.45, 2.75) is 6.92 Å². The van der Waals surface area contributed by atoms with Gasteiger partial charge in [-0.15, -0.1) is 0 Å². The zero-order chi connectivity index (χ0) is 11.5. The van der Waals surface area contributed by atoms with Gasteiger partial charge in [-0.2, -0.15) is 0 Å². The third-order valence-corrected chi connectivity index (χ3v) is 2.60. The van der Waals surface area contributed by atoms with Gasteiger partial charge in [0.25, 0.3) is 0 Å². The first-order valence-electron chi connectivity index (χ1n) is 5.28. The van der Waals surface area contributed by atoms with Crippen LogP contribution in [0.1, 0.15) is 5.76 Å². The molecule has 1 heterocycles. The molecule has 0 atom stereocenters. The molecule has 1 N–H and O–H groups in total. The second-order valence-corrected chi connectivity index (χ2v) is 3.74. The van der Waals surface area contributed by atoms with Crippen molar-refractivity contribution < 1.29 is 4.42 Å². The van der Waals surface area contributed by atoms with Gasteiger partial charge >= 0.3 is 0 Å². The number of hydrogen-bond acceptors (Lipinski definition) is 3. The third-order valence-electron chi connectivity index (χ3n) is 2.60. The molecule has 0 aliphatic rings. The van der Waals surface area contributed by atoms with Gasteiger partial charge in [-0.1, -0.05) is 0 Å². The molecule has 0 aliphatic heterocycles. The SMILES string of the molecule is CNc1ccc(N(C)c2ccc(C)o2)cc1. The van der Waals surface area contributed by atoms with Gasteiger partial charge in [0.1, 0.15) is 5.76 Å². The van der Waals surface area contributed by atoms with E-state index in [1.54, 1.807) is 0 Å². The lowest BCUT2D eigenvalue weighted by Gasteiger charge is -2.16. The maximum Gasteiger partial charge on any atom is 0.199 e. The predicted molar refractivity (Wildman–Crippen MR) is 67.5 cm³/mol. The van der Waals surface area contributed by atoms with E-state index in [4.69, 9.17) is 4.42 Å². The topological polar surface area (TPSA) is 28.4 Å². The number of nitrogens with one attached hydrogen (secondary N) is 1. The van der Waals surface area contributed by atoms with E-state index in [2.05, 4.69) is 17.4 Å². The standard InChI is InChI=1S/C13H16N2O/c1-10-4-9-13(16-10)15(3)12-7-5-11(14-2)6-8-12/h4-9,14H,1-3H3. The first kappa shape index (κ1) is 10.6. The fourth-order valence-electron chi connectivity index (χ4n) is 1.58. The molecule has 0 saturated carbocycles. The summed E-state index contributed by atoms with van der Waals surface area (Å²) in [5.41, 5.74) is 2.21. The van der Waals surface area contributed by atoms with Crippen LogP contribution < -0.4 is 10.2 Å². The Morgan fingerprint density at radius 1 is 1.06 bits per heavy atom. The van der Waals surface area contributed by atoms with Crippen molar-refractivity contribution >= 4 is 17.3 Å². The molecule has 0 radical (unpaired) electrons. The summed E-state index contributed by atoms with van der Waals surface area (Å²) in [5, 5.41) is 3.10. The molecule has 1 aromatic carbocycles. The molecule has 0 saturated heterocycles. The number of rotatable bonds is 3. The summed E-state index contributed by atoms with van der Waals surface area (Å²) in [5.74, 6) is 1.78. The number of benzene rings is 1. The Hall–Kier alpha value is -1.90. The zero-order valence-corrected chi connectivity index (χ0v) is 9.82. The Bertz CT molecular complexity index is 459. The van der Waals surface area contributed by atoms with Crippen molar-refractivity contribution in [3.63, 3.8) is 0 Å². The molecule has 3 heteroatoms. The van der Waals surface area contributed by atoms with E-state index < -0.39 is 0 Å². The lowest BCUT2D eigenvalue weighted by atomic mass is 10.2. The molecule has 1 aromatic heterocycles. The van der Waals surface area contributed by atoms with E-state index in [-0.39, 0.29) is 0 Å². The maximum absolute atomic E-state index is 5.57. The number of hydrogen-bond donors (Lipinski definition) is 1. The lowest BCUT2D eigenvalue weighted by molar-refractivity contribution is 0.538. The largest absolute Gasteiger partial charge is 0.446 e. The molecule has 0 amide bonds. The smallest absolute Gasteiger partial charge is 0.199 e. The van der Waals surface area contributed by atoms with Crippen molar-refractivity contribution in [3.8, 4) is 0 Å². The van der Waals surface area contributed by atoms with E-state index in [0.29, 0.717) is 0 Å². The summed E-state index contributed by atoms with van der Waals surface area (Å²) in [6.45, 7) is 1.95. The molecule has 0 bridgehead atoms. The van der Waals surface area contributed by atoms with Crippen molar-refractivity contribution in [2.24, 2.45) is 0 Å². The van der Waals surface area contributed by atoms with Gasteiger partial charge in [0, 0.05) is 31.5 Å². The van der Waals surface area contributed by atoms with Gasteiger partial charge in [-0.3, -0.25) is 0 Å². The lowest BCUT2D eigenvalue weighted by Crippen LogP contribution is -2.08. The molecule has 0 unspecified atom stereocenters. The zero-order valence-electron chi connectivity index (χ0n) is 9.82. The molecular formula is C13H16N2O. The molecule has 0 aliphatic carbocycles. The average Bonchev–Trinajstić information content (AvgIpc) is 2.75. The highest BCUT2D eigenvalue weighted by Crippen LogP contribution is 2.26. The van der Waals surface area contributed by atoms with Crippen LogP contribution in [0.5, 0.6) is 0 Å². The third kappa shape index (κ3) is 2.03. The van der Waals surface area contributed by atoms with Gasteiger partial charge in [-0.05, 0) is 37.3 Å². The molecule has 84 valence electrons. The molecule has 2 rings (SSSR count). The first-order valence-corrected chi connectivity index (χ1v) is 5.28. The van der Waals surface area contributed by atoms with Crippen molar-refractivity contribution in [1.82, 2.24) is 0 Å². The Kier molecular flexibility index (Phi) is 2.86. The second-order valence-electron chi connectivity index (χ2n) is 3.74. The normalized spacial score (nSPS) is 10.2. The minimum absolute atomic E-state index is 0.856. The monoisotopic (exact) mass is 216 g/mol. The second kappa shape index (κ2) is 4.31. The van der Waals surface area contributed by atoms with Crippen LogP contribution in [-0.2, 0) is 0 Å². The number of aryl methyl sites for hydroxylation is 1. The van der Waals surface area contributed by atoms with E-state index in [9.17, 15) is 0 Å². The van der Waals surface area contributed by atoms with Gasteiger partial charge < -0.3 is 14.6 Å². The minimum atomic E-state index is 0.856. The summed E-state index contributed by atoms with van der Waals surface area (Å²) in [6.07, 6.45) is 0. The Morgan fingerprint density at radius 3 is 2.25 bits per heavy atom. The van der Waals surface area contributed by atoms with E-state index in [1.165, 1.54) is 0 Å². The summed E-state index contributed by atoms with van der Waals surface area (Å²) < 4.78 is 5.57. The van der Waals surface area contributed by atoms with Gasteiger partial charge in [-0.25, -0.2) is 0 Å². The number of nitrogens with zero attached hydrogens (tertiary/aromatic N) is 1. The van der Waals surface area contributed by atoms with Crippen LogP contribution in [-0.4, -0.2) is 14.1 Å². The van der Waals surface area contributed by atoms with Gasteiger partial charge in [0.15, 0.2) is 5.88 Å². The van der Waals surface area contributed by atoms with E-state index in [1.807, 2.05) is 50.2 Å². The summed E-state index contributed by atoms with van der Waals surface area (Å²) >= 11 is 0. The van der Waals surface area contributed by atoms with Crippen molar-refractivity contribution in [2.75, 3.05) is 24.3 Å². The van der Waals surface area contributed by atoms with Crippen LogP contribution in [0, 0.1) is 6.92 Å². The van der Waals surface area contributed by atoms with Crippen LogP contribution >= 0.6 is 0 Å². The summed E-state index contributed by atoms with van der Waals surface area (Å²) in [4.78, 5) is 2.02. The van der Waals surface area contributed by atoms with Crippen molar-refractivity contribution in [3.05, 3.63) is 42.2 Å². The summed E-state index contributed by atoms with van der Waals surface area (Å²) in [6, 6.07) is 12.1. The Morgan fingerprint density at radius 2 is 1.75 bits per heavy atom. The van der Waals surface area contributed by atoms with Crippen molar-refractivity contribution in [1.29, 1.82) is 0 Å². The number of furan rings is 1. The Labute approximate surface area is 95.7 Å². The molecule has 0 fully saturated rings. The van der Waals surface area contributed by atoms with Crippen LogP contribution in [0.4, 0.5) is 17.3 Å². The Balaban J connectivity index is 2.23. The average molecular weight is 216 g/mol. The first-order chi connectivity index (χ1) is 7.70. The van der Waals surface area contributed by atoms with E-state index in [0.717, 1.165) is 23.0 Å². The maximum atomic E-state index is 5.57. The quantitative estimate of drug-likeness (QED) is 0.852. The molecule has 3 nitrogen and oxygen atoms in total. The van der Waals surface area contributed by atoms with Crippen LogP contribution in [0.25, 0.3) is 0 Å². The van der Waals surface area contributed by atoms with Crippen LogP contribution in [0.15, 0.2) is 40.8 Å². The highest BCUT2D eigenvalue weighted by molar-refractivity contribution is 5.61. The van der Waals surface area contributed by atoms with Gasteiger partial charge in [0.05, 0.1) is 0 Å². The van der Waals surface area contributed by atoms with Crippen LogP contribution in [0.3, 0.4) is 0 Å². The van der Waals surface area contributed by atoms with Gasteiger partial charge in [0.2, 0.25) is 0 Å².